The van der Waals surface area contributed by atoms with Gasteiger partial charge in [0.15, 0.2) is 0 Å². The normalized spacial score (nSPS) is 18.6. The smallest absolute Gasteiger partial charge is 0.248 e. The average Bonchev–Trinajstić information content (AvgIpc) is 2.38. The number of hydrogen-bond acceptors (Lipinski definition) is 5. The molecule has 0 unspecified atom stereocenters. The molecule has 2 rings (SSSR count). The maximum atomic E-state index is 14.0. The molecule has 0 radical (unpaired) electrons. The van der Waals surface area contributed by atoms with Gasteiger partial charge in [0.25, 0.3) is 0 Å². The number of carbonyl (C=O) groups excluding carboxylic acids is 1. The fraction of sp³-hybridized carbons (Fsp3) is 0.0769. The number of nitrogens with zero attached hydrogens (tertiary/aromatic N) is 1. The Balaban J connectivity index is 2.76. The number of hydrogen-bond donors (Lipinski definition) is 4. The van der Waals surface area contributed by atoms with Gasteiger partial charge in [-0.1, -0.05) is 18.2 Å². The average molecular weight is 290 g/mol. The molecule has 20 heavy (non-hydrogen) atoms. The molecule has 0 aromatic heterocycles. The summed E-state index contributed by atoms with van der Waals surface area (Å²) in [6, 6.07) is 5.86. The number of thiol groups is 1. The fourth-order valence-electron chi connectivity index (χ4n) is 2.06. The lowest BCUT2D eigenvalue weighted by atomic mass is 9.83. The van der Waals surface area contributed by atoms with Crippen molar-refractivity contribution >= 4 is 30.2 Å². The van der Waals surface area contributed by atoms with Gasteiger partial charge in [-0.15, -0.1) is 12.6 Å². The quantitative estimate of drug-likeness (QED) is 0.483. The van der Waals surface area contributed by atoms with Gasteiger partial charge < -0.3 is 11.5 Å². The molecule has 0 fully saturated rings. The number of primary amides is 1. The molecule has 1 heterocycles. The van der Waals surface area contributed by atoms with Crippen LogP contribution in [0.1, 0.15) is 11.5 Å². The molecule has 1 aromatic carbocycles. The number of carbonyl (C=O) groups is 1. The highest BCUT2D eigenvalue weighted by atomic mass is 32.1. The summed E-state index contributed by atoms with van der Waals surface area (Å²) >= 11 is 4.06. The van der Waals surface area contributed by atoms with E-state index in [1.54, 1.807) is 6.07 Å². The van der Waals surface area contributed by atoms with E-state index in [0.29, 0.717) is 0 Å². The van der Waals surface area contributed by atoms with Gasteiger partial charge in [0, 0.05) is 5.56 Å². The number of nitrogens with two attached hydrogens (primary N) is 2. The summed E-state index contributed by atoms with van der Waals surface area (Å²) in [5.41, 5.74) is 11.3. The fourth-order valence-corrected chi connectivity index (χ4v) is 2.41. The lowest BCUT2D eigenvalue weighted by molar-refractivity contribution is -0.114. The van der Waals surface area contributed by atoms with Crippen LogP contribution in [0.15, 0.2) is 45.4 Å². The van der Waals surface area contributed by atoms with Gasteiger partial charge in [-0.3, -0.25) is 10.2 Å². The van der Waals surface area contributed by atoms with E-state index in [2.05, 4.69) is 23.5 Å². The summed E-state index contributed by atoms with van der Waals surface area (Å²) < 4.78 is 14.0. The molecule has 1 aliphatic heterocycles. The molecule has 0 saturated heterocycles. The third-order valence-electron chi connectivity index (χ3n) is 2.94. The Kier molecular flexibility index (Phi) is 3.74. The molecule has 0 bridgehead atoms. The second-order valence-corrected chi connectivity index (χ2v) is 4.52. The predicted octanol–water partition coefficient (Wildman–Crippen LogP) is 1.08. The lowest BCUT2D eigenvalue weighted by Gasteiger charge is -2.24. The van der Waals surface area contributed by atoms with Crippen molar-refractivity contribution < 1.29 is 9.18 Å². The van der Waals surface area contributed by atoms with Crippen LogP contribution < -0.4 is 11.5 Å². The summed E-state index contributed by atoms with van der Waals surface area (Å²) in [6.07, 6.45) is 0. The molecule has 1 atom stereocenters. The summed E-state index contributed by atoms with van der Waals surface area (Å²) in [5, 5.41) is 7.32. The predicted molar refractivity (Wildman–Crippen MR) is 77.2 cm³/mol. The van der Waals surface area contributed by atoms with Crippen molar-refractivity contribution in [2.45, 2.75) is 5.92 Å². The Morgan fingerprint density at radius 1 is 1.45 bits per heavy atom. The van der Waals surface area contributed by atoms with Crippen LogP contribution in [0.5, 0.6) is 0 Å². The van der Waals surface area contributed by atoms with Crippen LogP contribution in [0.4, 0.5) is 4.39 Å². The number of aliphatic imine (C=N–C) groups is 1. The number of benzene rings is 1. The Bertz CT molecular complexity index is 704. The first-order valence-electron chi connectivity index (χ1n) is 5.58. The molecule has 1 amide bonds. The van der Waals surface area contributed by atoms with E-state index in [1.807, 2.05) is 0 Å². The zero-order chi connectivity index (χ0) is 14.9. The van der Waals surface area contributed by atoms with Crippen molar-refractivity contribution in [2.24, 2.45) is 16.5 Å². The molecular weight excluding hydrogens is 279 g/mol. The standard InChI is InChI=1S/C13H11FN4OS/c14-8-4-2-1-3-6(8)9-7(5-15)11(16)18-13(20)10(9)12(17)19/h1-4,9,15,20H,(H2,16,18)(H2,17,19)/t9-/m0/s1. The molecule has 0 spiro atoms. The van der Waals surface area contributed by atoms with Crippen molar-refractivity contribution in [3.05, 3.63) is 51.8 Å². The summed E-state index contributed by atoms with van der Waals surface area (Å²) in [6.45, 7) is 0. The molecule has 1 aromatic rings. The zero-order valence-corrected chi connectivity index (χ0v) is 11.1. The van der Waals surface area contributed by atoms with E-state index < -0.39 is 17.6 Å². The van der Waals surface area contributed by atoms with Crippen molar-refractivity contribution in [3.63, 3.8) is 0 Å². The molecule has 0 aliphatic carbocycles. The second kappa shape index (κ2) is 5.32. The monoisotopic (exact) mass is 290 g/mol. The number of amidine groups is 1. The summed E-state index contributed by atoms with van der Waals surface area (Å²) in [4.78, 5) is 15.4. The highest BCUT2D eigenvalue weighted by Gasteiger charge is 2.34. The minimum absolute atomic E-state index is 0.0117. The summed E-state index contributed by atoms with van der Waals surface area (Å²) in [7, 11) is 0. The Hall–Kier alpha value is -2.37. The van der Waals surface area contributed by atoms with Crippen LogP contribution in [-0.2, 0) is 4.79 Å². The first-order chi connectivity index (χ1) is 9.47. The van der Waals surface area contributed by atoms with Crippen LogP contribution in [0.3, 0.4) is 0 Å². The van der Waals surface area contributed by atoms with E-state index in [4.69, 9.17) is 16.9 Å². The lowest BCUT2D eigenvalue weighted by Crippen LogP contribution is -2.31. The SMILES string of the molecule is N=C=C1C(N)=NC(S)=C(C(N)=O)[C@H]1c1ccccc1F. The molecule has 1 aliphatic rings. The van der Waals surface area contributed by atoms with E-state index in [-0.39, 0.29) is 27.6 Å². The van der Waals surface area contributed by atoms with E-state index in [9.17, 15) is 9.18 Å². The minimum atomic E-state index is -0.934. The number of amides is 1. The van der Waals surface area contributed by atoms with Gasteiger partial charge in [0.1, 0.15) is 16.7 Å². The maximum Gasteiger partial charge on any atom is 0.248 e. The molecule has 5 N–H and O–H groups in total. The molecule has 102 valence electrons. The molecule has 5 nitrogen and oxygen atoms in total. The largest absolute Gasteiger partial charge is 0.383 e. The van der Waals surface area contributed by atoms with Crippen LogP contribution in [-0.4, -0.2) is 17.6 Å². The van der Waals surface area contributed by atoms with Gasteiger partial charge in [0.2, 0.25) is 5.91 Å². The summed E-state index contributed by atoms with van der Waals surface area (Å²) in [5.74, 6) is -0.210. The molecule has 7 heteroatoms. The van der Waals surface area contributed by atoms with E-state index in [1.165, 1.54) is 18.2 Å². The van der Waals surface area contributed by atoms with Crippen molar-refractivity contribution in [2.75, 3.05) is 0 Å². The van der Waals surface area contributed by atoms with Crippen LogP contribution in [0.25, 0.3) is 0 Å². The first-order valence-corrected chi connectivity index (χ1v) is 6.03. The highest BCUT2D eigenvalue weighted by molar-refractivity contribution is 7.84. The molecule has 0 saturated carbocycles. The van der Waals surface area contributed by atoms with Gasteiger partial charge in [0.05, 0.1) is 17.1 Å². The number of halogens is 1. The maximum absolute atomic E-state index is 14.0. The topological polar surface area (TPSA) is 105 Å². The Morgan fingerprint density at radius 2 is 2.10 bits per heavy atom. The van der Waals surface area contributed by atoms with Gasteiger partial charge in [-0.05, 0) is 11.9 Å². The third kappa shape index (κ3) is 2.24. The van der Waals surface area contributed by atoms with E-state index in [0.717, 1.165) is 0 Å². The van der Waals surface area contributed by atoms with Gasteiger partial charge in [-0.25, -0.2) is 9.38 Å². The molecular formula is C13H11FN4OS. The third-order valence-corrected chi connectivity index (χ3v) is 3.28. The second-order valence-electron chi connectivity index (χ2n) is 4.09. The van der Waals surface area contributed by atoms with Crippen LogP contribution in [0, 0.1) is 11.2 Å². The number of nitrogens with one attached hydrogen (secondary N) is 1. The van der Waals surface area contributed by atoms with E-state index >= 15 is 0 Å². The van der Waals surface area contributed by atoms with Crippen molar-refractivity contribution in [3.8, 4) is 0 Å². The van der Waals surface area contributed by atoms with Gasteiger partial charge >= 0.3 is 0 Å². The van der Waals surface area contributed by atoms with Crippen LogP contribution in [0.2, 0.25) is 0 Å². The minimum Gasteiger partial charge on any atom is -0.383 e. The highest BCUT2D eigenvalue weighted by Crippen LogP contribution is 2.38. The first kappa shape index (κ1) is 14.0. The van der Waals surface area contributed by atoms with Gasteiger partial charge in [-0.2, -0.15) is 0 Å². The number of rotatable bonds is 2. The zero-order valence-electron chi connectivity index (χ0n) is 10.2. The van der Waals surface area contributed by atoms with Crippen molar-refractivity contribution in [1.82, 2.24) is 0 Å². The Labute approximate surface area is 119 Å². The Morgan fingerprint density at radius 3 is 2.65 bits per heavy atom. The van der Waals surface area contributed by atoms with Crippen LogP contribution >= 0.6 is 12.6 Å². The van der Waals surface area contributed by atoms with Crippen molar-refractivity contribution in [1.29, 1.82) is 5.41 Å².